The molecule has 0 aromatic heterocycles. The summed E-state index contributed by atoms with van der Waals surface area (Å²) in [6.07, 6.45) is 3.01. The van der Waals surface area contributed by atoms with Gasteiger partial charge in [-0.2, -0.15) is 0 Å². The summed E-state index contributed by atoms with van der Waals surface area (Å²) in [5.41, 5.74) is 3.87. The number of ether oxygens (including phenoxy) is 4. The van der Waals surface area contributed by atoms with Crippen LogP contribution in [0.2, 0.25) is 0 Å². The maximum absolute atomic E-state index is 5.77. The smallest absolute Gasteiger partial charge is 0.231 e. The fourth-order valence-corrected chi connectivity index (χ4v) is 3.99. The van der Waals surface area contributed by atoms with E-state index in [-0.39, 0.29) is 6.79 Å². The van der Waals surface area contributed by atoms with Gasteiger partial charge in [-0.05, 0) is 55.6 Å². The number of aryl methyl sites for hydroxylation is 1. The van der Waals surface area contributed by atoms with E-state index in [9.17, 15) is 0 Å². The molecule has 0 radical (unpaired) electrons. The van der Waals surface area contributed by atoms with Crippen molar-refractivity contribution >= 4 is 0 Å². The quantitative estimate of drug-likeness (QED) is 0.820. The lowest BCUT2D eigenvalue weighted by molar-refractivity contribution is 0.170. The van der Waals surface area contributed by atoms with Gasteiger partial charge in [0.25, 0.3) is 0 Å². The lowest BCUT2D eigenvalue weighted by Gasteiger charge is -2.36. The first-order valence-electron chi connectivity index (χ1n) is 9.03. The molecule has 2 aromatic rings. The molecule has 0 spiro atoms. The van der Waals surface area contributed by atoms with Crippen LogP contribution in [0.25, 0.3) is 0 Å². The lowest BCUT2D eigenvalue weighted by Crippen LogP contribution is -2.33. The van der Waals surface area contributed by atoms with Gasteiger partial charge in [0.1, 0.15) is 5.75 Å². The van der Waals surface area contributed by atoms with Gasteiger partial charge >= 0.3 is 0 Å². The molecule has 26 heavy (non-hydrogen) atoms. The highest BCUT2D eigenvalue weighted by molar-refractivity contribution is 5.61. The maximum Gasteiger partial charge on any atom is 0.231 e. The summed E-state index contributed by atoms with van der Waals surface area (Å²) in [5.74, 6) is 3.28. The summed E-state index contributed by atoms with van der Waals surface area (Å²) in [4.78, 5) is 2.41. The van der Waals surface area contributed by atoms with E-state index >= 15 is 0 Å². The average Bonchev–Trinajstić information content (AvgIpc) is 3.14. The molecule has 2 heterocycles. The summed E-state index contributed by atoms with van der Waals surface area (Å²) in [6, 6.07) is 10.7. The summed E-state index contributed by atoms with van der Waals surface area (Å²) in [7, 11) is 5.60. The van der Waals surface area contributed by atoms with Crippen molar-refractivity contribution in [3.05, 3.63) is 47.0 Å². The highest BCUT2D eigenvalue weighted by Gasteiger charge is 2.33. The van der Waals surface area contributed by atoms with Gasteiger partial charge in [0.2, 0.25) is 12.5 Å². The first kappa shape index (κ1) is 17.0. The normalized spacial score (nSPS) is 18.5. The van der Waals surface area contributed by atoms with Crippen molar-refractivity contribution in [3.63, 3.8) is 0 Å². The first-order chi connectivity index (χ1) is 12.7. The molecule has 0 amide bonds. The fraction of sp³-hybridized carbons (Fsp3) is 0.429. The predicted molar refractivity (Wildman–Crippen MR) is 99.5 cm³/mol. The average molecular weight is 355 g/mol. The summed E-state index contributed by atoms with van der Waals surface area (Å²) in [5, 5.41) is 0. The molecule has 5 nitrogen and oxygen atoms in total. The zero-order chi connectivity index (χ0) is 18.1. The molecule has 1 atom stereocenters. The van der Waals surface area contributed by atoms with Gasteiger partial charge in [0.05, 0.1) is 14.2 Å². The maximum atomic E-state index is 5.77. The summed E-state index contributed by atoms with van der Waals surface area (Å²) < 4.78 is 22.3. The Hall–Kier alpha value is -2.40. The number of likely N-dealkylation sites (N-methyl/N-ethyl adjacent to an activating group) is 1. The molecule has 1 unspecified atom stereocenters. The second-order valence-corrected chi connectivity index (χ2v) is 6.85. The van der Waals surface area contributed by atoms with E-state index in [2.05, 4.69) is 30.1 Å². The van der Waals surface area contributed by atoms with E-state index in [0.29, 0.717) is 6.04 Å². The highest BCUT2D eigenvalue weighted by atomic mass is 16.7. The van der Waals surface area contributed by atoms with E-state index < -0.39 is 0 Å². The van der Waals surface area contributed by atoms with Crippen molar-refractivity contribution in [2.24, 2.45) is 0 Å². The number of fused-ring (bicyclic) bond motifs is 2. The third-order valence-electron chi connectivity index (χ3n) is 5.41. The second-order valence-electron chi connectivity index (χ2n) is 6.85. The Morgan fingerprint density at radius 1 is 1.12 bits per heavy atom. The van der Waals surface area contributed by atoms with Crippen molar-refractivity contribution < 1.29 is 18.9 Å². The van der Waals surface area contributed by atoms with Gasteiger partial charge in [-0.25, -0.2) is 0 Å². The van der Waals surface area contributed by atoms with Gasteiger partial charge < -0.3 is 18.9 Å². The van der Waals surface area contributed by atoms with Crippen LogP contribution in [0.1, 0.15) is 29.2 Å². The topological polar surface area (TPSA) is 40.2 Å². The molecule has 0 saturated carbocycles. The standard InChI is InChI=1S/C21H25NO4/c1-22-11-10-15-12-18-20(26-13-25-18)21(24-3)19(15)17(22)9-6-14-4-7-16(23-2)8-5-14/h4-5,7-8,12,17H,6,9-11,13H2,1-3H3. The SMILES string of the molecule is COc1ccc(CCC2c3c(cc4c(c3OC)OCO4)CCN2C)cc1. The van der Waals surface area contributed by atoms with Crippen LogP contribution in [0, 0.1) is 0 Å². The minimum atomic E-state index is 0.265. The molecular weight excluding hydrogens is 330 g/mol. The van der Waals surface area contributed by atoms with Gasteiger partial charge in [-0.15, -0.1) is 0 Å². The largest absolute Gasteiger partial charge is 0.497 e. The predicted octanol–water partition coefficient (Wildman–Crippen LogP) is 3.59. The van der Waals surface area contributed by atoms with Crippen molar-refractivity contribution in [2.75, 3.05) is 34.6 Å². The minimum absolute atomic E-state index is 0.265. The van der Waals surface area contributed by atoms with Gasteiger partial charge in [0, 0.05) is 18.2 Å². The molecule has 0 fully saturated rings. The van der Waals surface area contributed by atoms with Gasteiger partial charge in [0.15, 0.2) is 11.5 Å². The van der Waals surface area contributed by atoms with E-state index in [4.69, 9.17) is 18.9 Å². The zero-order valence-electron chi connectivity index (χ0n) is 15.6. The van der Waals surface area contributed by atoms with Crippen LogP contribution in [-0.4, -0.2) is 39.5 Å². The second kappa shape index (κ2) is 7.08. The number of rotatable bonds is 5. The number of benzene rings is 2. The zero-order valence-corrected chi connectivity index (χ0v) is 15.6. The fourth-order valence-electron chi connectivity index (χ4n) is 3.99. The van der Waals surface area contributed by atoms with Crippen molar-refractivity contribution in [1.29, 1.82) is 0 Å². The van der Waals surface area contributed by atoms with Crippen LogP contribution >= 0.6 is 0 Å². The van der Waals surface area contributed by atoms with Crippen molar-refractivity contribution in [1.82, 2.24) is 4.90 Å². The molecule has 4 rings (SSSR count). The molecule has 2 aliphatic rings. The Kier molecular flexibility index (Phi) is 4.64. The summed E-state index contributed by atoms with van der Waals surface area (Å²) in [6.45, 7) is 1.30. The van der Waals surface area contributed by atoms with Crippen LogP contribution in [0.5, 0.6) is 23.0 Å². The van der Waals surface area contributed by atoms with Crippen LogP contribution in [-0.2, 0) is 12.8 Å². The number of methoxy groups -OCH3 is 2. The molecule has 5 heteroatoms. The van der Waals surface area contributed by atoms with E-state index in [1.54, 1.807) is 14.2 Å². The van der Waals surface area contributed by atoms with Gasteiger partial charge in [-0.1, -0.05) is 12.1 Å². The van der Waals surface area contributed by atoms with Crippen LogP contribution < -0.4 is 18.9 Å². The van der Waals surface area contributed by atoms with Crippen LogP contribution in [0.15, 0.2) is 30.3 Å². The number of hydrogen-bond donors (Lipinski definition) is 0. The molecule has 0 N–H and O–H groups in total. The Morgan fingerprint density at radius 2 is 1.92 bits per heavy atom. The Bertz CT molecular complexity index is 788. The van der Waals surface area contributed by atoms with E-state index in [1.165, 1.54) is 16.7 Å². The Labute approximate surface area is 154 Å². The van der Waals surface area contributed by atoms with Crippen LogP contribution in [0.4, 0.5) is 0 Å². The first-order valence-corrected chi connectivity index (χ1v) is 9.03. The summed E-state index contributed by atoms with van der Waals surface area (Å²) >= 11 is 0. The van der Waals surface area contributed by atoms with E-state index in [1.807, 2.05) is 12.1 Å². The molecule has 138 valence electrons. The molecule has 0 aliphatic carbocycles. The van der Waals surface area contributed by atoms with Crippen LogP contribution in [0.3, 0.4) is 0 Å². The molecule has 0 bridgehead atoms. The highest BCUT2D eigenvalue weighted by Crippen LogP contribution is 2.50. The van der Waals surface area contributed by atoms with Gasteiger partial charge in [-0.3, -0.25) is 4.90 Å². The number of nitrogens with zero attached hydrogens (tertiary/aromatic N) is 1. The van der Waals surface area contributed by atoms with Crippen molar-refractivity contribution in [3.8, 4) is 23.0 Å². The molecular formula is C21H25NO4. The third-order valence-corrected chi connectivity index (χ3v) is 5.41. The van der Waals surface area contributed by atoms with E-state index in [0.717, 1.165) is 48.8 Å². The Morgan fingerprint density at radius 3 is 2.65 bits per heavy atom. The van der Waals surface area contributed by atoms with Crippen molar-refractivity contribution in [2.45, 2.75) is 25.3 Å². The number of hydrogen-bond acceptors (Lipinski definition) is 5. The molecule has 0 saturated heterocycles. The third kappa shape index (κ3) is 2.97. The molecule has 2 aromatic carbocycles. The Balaban J connectivity index is 1.62. The molecule has 2 aliphatic heterocycles. The minimum Gasteiger partial charge on any atom is -0.497 e. The monoisotopic (exact) mass is 355 g/mol. The lowest BCUT2D eigenvalue weighted by atomic mass is 9.88.